The first-order chi connectivity index (χ1) is 13.6. The number of ether oxygens (including phenoxy) is 3. The number of aromatic nitrogens is 1. The van der Waals surface area contributed by atoms with Gasteiger partial charge in [0.2, 0.25) is 5.91 Å². The zero-order chi connectivity index (χ0) is 19.9. The van der Waals surface area contributed by atoms with Gasteiger partial charge in [0.25, 0.3) is 0 Å². The van der Waals surface area contributed by atoms with Crippen LogP contribution in [0.5, 0.6) is 17.2 Å². The zero-order valence-corrected chi connectivity index (χ0v) is 16.6. The number of piperidine rings is 1. The van der Waals surface area contributed by atoms with Crippen molar-refractivity contribution in [3.8, 4) is 17.2 Å². The summed E-state index contributed by atoms with van der Waals surface area (Å²) in [5, 5.41) is 0. The van der Waals surface area contributed by atoms with Crippen molar-refractivity contribution in [2.45, 2.75) is 25.9 Å². The van der Waals surface area contributed by atoms with E-state index in [1.54, 1.807) is 32.6 Å². The molecule has 1 aromatic heterocycles. The van der Waals surface area contributed by atoms with Crippen LogP contribution < -0.4 is 14.2 Å². The Morgan fingerprint density at radius 2 is 1.86 bits per heavy atom. The van der Waals surface area contributed by atoms with Crippen molar-refractivity contribution in [2.75, 3.05) is 27.3 Å². The lowest BCUT2D eigenvalue weighted by Gasteiger charge is -2.31. The SMILES string of the molecule is COc1ccc(/C=C/C(=O)N2CCC(Oc3ccc(C)nc3)CC2)cc1OC. The highest BCUT2D eigenvalue weighted by Crippen LogP contribution is 2.28. The molecule has 1 amide bonds. The fourth-order valence-electron chi connectivity index (χ4n) is 3.14. The van der Waals surface area contributed by atoms with E-state index in [-0.39, 0.29) is 12.0 Å². The Bertz CT molecular complexity index is 825. The Balaban J connectivity index is 1.52. The van der Waals surface area contributed by atoms with E-state index in [1.807, 2.05) is 42.2 Å². The Morgan fingerprint density at radius 1 is 1.11 bits per heavy atom. The van der Waals surface area contributed by atoms with Gasteiger partial charge in [0.05, 0.1) is 20.4 Å². The molecule has 1 fully saturated rings. The van der Waals surface area contributed by atoms with E-state index in [9.17, 15) is 4.79 Å². The largest absolute Gasteiger partial charge is 0.493 e. The number of likely N-dealkylation sites (tertiary alicyclic amines) is 1. The standard InChI is InChI=1S/C22H26N2O4/c1-16-4-7-19(15-23-16)28-18-10-12-24(13-11-18)22(25)9-6-17-5-8-20(26-2)21(14-17)27-3/h4-9,14-15,18H,10-13H2,1-3H3/b9-6+. The van der Waals surface area contributed by atoms with E-state index >= 15 is 0 Å². The topological polar surface area (TPSA) is 60.9 Å². The van der Waals surface area contributed by atoms with Crippen LogP contribution in [-0.2, 0) is 4.79 Å². The first-order valence-corrected chi connectivity index (χ1v) is 9.37. The van der Waals surface area contributed by atoms with Crippen molar-refractivity contribution in [1.29, 1.82) is 0 Å². The van der Waals surface area contributed by atoms with Crippen LogP contribution in [0.3, 0.4) is 0 Å². The van der Waals surface area contributed by atoms with Crippen LogP contribution in [0, 0.1) is 6.92 Å². The van der Waals surface area contributed by atoms with Gasteiger partial charge in [-0.3, -0.25) is 9.78 Å². The number of pyridine rings is 1. The molecule has 1 aliphatic heterocycles. The van der Waals surface area contributed by atoms with Gasteiger partial charge in [0.15, 0.2) is 11.5 Å². The quantitative estimate of drug-likeness (QED) is 0.716. The van der Waals surface area contributed by atoms with Crippen molar-refractivity contribution < 1.29 is 19.0 Å². The monoisotopic (exact) mass is 382 g/mol. The predicted molar refractivity (Wildman–Crippen MR) is 108 cm³/mol. The van der Waals surface area contributed by atoms with Gasteiger partial charge in [0.1, 0.15) is 11.9 Å². The number of hydrogen-bond acceptors (Lipinski definition) is 5. The normalized spacial score (nSPS) is 14.9. The molecule has 1 saturated heterocycles. The molecule has 0 aliphatic carbocycles. The van der Waals surface area contributed by atoms with Gasteiger partial charge in [-0.2, -0.15) is 0 Å². The molecule has 0 bridgehead atoms. The van der Waals surface area contributed by atoms with Crippen molar-refractivity contribution >= 4 is 12.0 Å². The first kappa shape index (κ1) is 19.7. The highest BCUT2D eigenvalue weighted by Gasteiger charge is 2.22. The highest BCUT2D eigenvalue weighted by atomic mass is 16.5. The predicted octanol–water partition coefficient (Wildman–Crippen LogP) is 3.49. The molecule has 2 heterocycles. The molecule has 6 heteroatoms. The van der Waals surface area contributed by atoms with Crippen LogP contribution in [0.4, 0.5) is 0 Å². The Hall–Kier alpha value is -3.02. The number of aryl methyl sites for hydroxylation is 1. The van der Waals surface area contributed by atoms with Gasteiger partial charge in [-0.1, -0.05) is 6.07 Å². The van der Waals surface area contributed by atoms with Crippen LogP contribution in [-0.4, -0.2) is 49.2 Å². The van der Waals surface area contributed by atoms with Gasteiger partial charge in [0, 0.05) is 37.7 Å². The van der Waals surface area contributed by atoms with E-state index < -0.39 is 0 Å². The summed E-state index contributed by atoms with van der Waals surface area (Å²) in [5.74, 6) is 2.09. The molecule has 28 heavy (non-hydrogen) atoms. The molecule has 0 unspecified atom stereocenters. The molecule has 0 N–H and O–H groups in total. The summed E-state index contributed by atoms with van der Waals surface area (Å²) >= 11 is 0. The summed E-state index contributed by atoms with van der Waals surface area (Å²) in [7, 11) is 3.19. The third-order valence-electron chi connectivity index (χ3n) is 4.77. The Morgan fingerprint density at radius 3 is 2.50 bits per heavy atom. The zero-order valence-electron chi connectivity index (χ0n) is 16.6. The number of carbonyl (C=O) groups is 1. The number of methoxy groups -OCH3 is 2. The van der Waals surface area contributed by atoms with E-state index in [4.69, 9.17) is 14.2 Å². The van der Waals surface area contributed by atoms with E-state index in [2.05, 4.69) is 4.98 Å². The molecule has 1 aromatic carbocycles. The van der Waals surface area contributed by atoms with Gasteiger partial charge >= 0.3 is 0 Å². The number of amides is 1. The van der Waals surface area contributed by atoms with E-state index in [0.29, 0.717) is 24.6 Å². The van der Waals surface area contributed by atoms with Gasteiger partial charge in [-0.05, 0) is 42.8 Å². The third kappa shape index (κ3) is 5.03. The Kier molecular flexibility index (Phi) is 6.53. The lowest BCUT2D eigenvalue weighted by molar-refractivity contribution is -0.127. The first-order valence-electron chi connectivity index (χ1n) is 9.37. The minimum absolute atomic E-state index is 0.00485. The molecule has 0 saturated carbocycles. The lowest BCUT2D eigenvalue weighted by Crippen LogP contribution is -2.41. The molecule has 148 valence electrons. The van der Waals surface area contributed by atoms with E-state index in [0.717, 1.165) is 29.8 Å². The fourth-order valence-corrected chi connectivity index (χ4v) is 3.14. The minimum Gasteiger partial charge on any atom is -0.493 e. The summed E-state index contributed by atoms with van der Waals surface area (Å²) in [6.45, 7) is 3.31. The number of benzene rings is 1. The Labute approximate surface area is 165 Å². The molecule has 6 nitrogen and oxygen atoms in total. The number of hydrogen-bond donors (Lipinski definition) is 0. The minimum atomic E-state index is 0.00485. The lowest BCUT2D eigenvalue weighted by atomic mass is 10.1. The molecule has 2 aromatic rings. The third-order valence-corrected chi connectivity index (χ3v) is 4.77. The highest BCUT2D eigenvalue weighted by molar-refractivity contribution is 5.91. The summed E-state index contributed by atoms with van der Waals surface area (Å²) in [5.41, 5.74) is 1.85. The van der Waals surface area contributed by atoms with Crippen LogP contribution in [0.1, 0.15) is 24.1 Å². The van der Waals surface area contributed by atoms with Crippen LogP contribution in [0.25, 0.3) is 6.08 Å². The van der Waals surface area contributed by atoms with Crippen molar-refractivity contribution in [3.63, 3.8) is 0 Å². The number of carbonyl (C=O) groups excluding carboxylic acids is 1. The summed E-state index contributed by atoms with van der Waals surface area (Å²) in [4.78, 5) is 18.6. The van der Waals surface area contributed by atoms with Crippen LogP contribution in [0.15, 0.2) is 42.6 Å². The average Bonchev–Trinajstić information content (AvgIpc) is 2.74. The molecule has 3 rings (SSSR count). The summed E-state index contributed by atoms with van der Waals surface area (Å²) in [6, 6.07) is 9.43. The second-order valence-electron chi connectivity index (χ2n) is 6.73. The molecule has 0 spiro atoms. The molecule has 1 aliphatic rings. The van der Waals surface area contributed by atoms with Gasteiger partial charge in [-0.25, -0.2) is 0 Å². The van der Waals surface area contributed by atoms with Crippen molar-refractivity contribution in [2.24, 2.45) is 0 Å². The maximum absolute atomic E-state index is 12.5. The van der Waals surface area contributed by atoms with Gasteiger partial charge < -0.3 is 19.1 Å². The number of nitrogens with zero attached hydrogens (tertiary/aromatic N) is 2. The summed E-state index contributed by atoms with van der Waals surface area (Å²) < 4.78 is 16.5. The maximum Gasteiger partial charge on any atom is 0.246 e. The second kappa shape index (κ2) is 9.26. The molecule has 0 radical (unpaired) electrons. The molecule has 0 atom stereocenters. The average molecular weight is 382 g/mol. The molecular weight excluding hydrogens is 356 g/mol. The number of rotatable bonds is 6. The van der Waals surface area contributed by atoms with Crippen LogP contribution >= 0.6 is 0 Å². The maximum atomic E-state index is 12.5. The van der Waals surface area contributed by atoms with Crippen molar-refractivity contribution in [1.82, 2.24) is 9.88 Å². The second-order valence-corrected chi connectivity index (χ2v) is 6.73. The van der Waals surface area contributed by atoms with Crippen LogP contribution in [0.2, 0.25) is 0 Å². The van der Waals surface area contributed by atoms with Crippen molar-refractivity contribution in [3.05, 3.63) is 53.9 Å². The molecular formula is C22H26N2O4. The smallest absolute Gasteiger partial charge is 0.246 e. The summed E-state index contributed by atoms with van der Waals surface area (Å²) in [6.07, 6.45) is 6.88. The van der Waals surface area contributed by atoms with E-state index in [1.165, 1.54) is 0 Å². The fraction of sp³-hybridized carbons (Fsp3) is 0.364. The van der Waals surface area contributed by atoms with Gasteiger partial charge in [-0.15, -0.1) is 0 Å².